The minimum absolute atomic E-state index is 0.0208. The number of aliphatic hydroxyl groups is 1. The molecule has 2 rings (SSSR count). The molecule has 1 unspecified atom stereocenters. The molecule has 1 atom stereocenters. The highest BCUT2D eigenvalue weighted by Crippen LogP contribution is 2.30. The van der Waals surface area contributed by atoms with Gasteiger partial charge in [0.1, 0.15) is 0 Å². The monoisotopic (exact) mass is 439 g/mol. The van der Waals surface area contributed by atoms with Crippen molar-refractivity contribution in [3.05, 3.63) is 59.7 Å². The molecule has 2 aromatic rings. The maximum Gasteiger partial charge on any atom is 0.422 e. The van der Waals surface area contributed by atoms with Crippen molar-refractivity contribution in [2.45, 2.75) is 32.2 Å². The molecule has 0 amide bonds. The normalized spacial score (nSPS) is 12.9. The summed E-state index contributed by atoms with van der Waals surface area (Å²) in [4.78, 5) is 4.48. The zero-order valence-corrected chi connectivity index (χ0v) is 17.6. The Balaban J connectivity index is 1.94. The Morgan fingerprint density at radius 3 is 2.48 bits per heavy atom. The Bertz CT molecular complexity index is 830. The van der Waals surface area contributed by atoms with Crippen molar-refractivity contribution in [2.75, 3.05) is 26.8 Å². The molecular formula is C22H28F3N3O3. The number of aliphatic hydroxyl groups excluding tert-OH is 1. The number of alkyl halides is 3. The third-order valence-electron chi connectivity index (χ3n) is 4.28. The molecular weight excluding hydrogens is 411 g/mol. The molecule has 2 aromatic carbocycles. The van der Waals surface area contributed by atoms with Gasteiger partial charge in [0, 0.05) is 13.1 Å². The van der Waals surface area contributed by atoms with E-state index < -0.39 is 18.9 Å². The number of aliphatic imine (C=N–C) groups is 1. The lowest BCUT2D eigenvalue weighted by molar-refractivity contribution is -0.153. The third-order valence-corrected chi connectivity index (χ3v) is 4.28. The van der Waals surface area contributed by atoms with E-state index in [1.165, 1.54) is 13.2 Å². The molecule has 3 N–H and O–H groups in total. The van der Waals surface area contributed by atoms with Crippen LogP contribution in [0.4, 0.5) is 13.2 Å². The van der Waals surface area contributed by atoms with Crippen molar-refractivity contribution < 1.29 is 27.8 Å². The summed E-state index contributed by atoms with van der Waals surface area (Å²) in [6, 6.07) is 14.1. The second kappa shape index (κ2) is 12.0. The number of benzene rings is 2. The smallest absolute Gasteiger partial charge is 0.422 e. The lowest BCUT2D eigenvalue weighted by Gasteiger charge is -2.15. The number of nitrogens with zero attached hydrogens (tertiary/aromatic N) is 1. The van der Waals surface area contributed by atoms with E-state index in [1.807, 2.05) is 37.3 Å². The number of ether oxygens (including phenoxy) is 2. The summed E-state index contributed by atoms with van der Waals surface area (Å²) in [7, 11) is 1.37. The second-order valence-electron chi connectivity index (χ2n) is 6.73. The van der Waals surface area contributed by atoms with Gasteiger partial charge in [-0.3, -0.25) is 0 Å². The van der Waals surface area contributed by atoms with Gasteiger partial charge in [-0.2, -0.15) is 13.2 Å². The van der Waals surface area contributed by atoms with Gasteiger partial charge in [-0.25, -0.2) is 4.99 Å². The molecule has 31 heavy (non-hydrogen) atoms. The number of halogens is 3. The summed E-state index contributed by atoms with van der Waals surface area (Å²) < 4.78 is 47.0. The van der Waals surface area contributed by atoms with Gasteiger partial charge in [0.25, 0.3) is 0 Å². The van der Waals surface area contributed by atoms with E-state index in [4.69, 9.17) is 9.47 Å². The first-order chi connectivity index (χ1) is 14.8. The van der Waals surface area contributed by atoms with Gasteiger partial charge >= 0.3 is 6.18 Å². The van der Waals surface area contributed by atoms with Crippen LogP contribution in [0.1, 0.15) is 30.6 Å². The molecule has 0 bridgehead atoms. The zero-order valence-electron chi connectivity index (χ0n) is 17.6. The van der Waals surface area contributed by atoms with Crippen molar-refractivity contribution in [1.82, 2.24) is 10.6 Å². The third kappa shape index (κ3) is 8.75. The van der Waals surface area contributed by atoms with E-state index in [2.05, 4.69) is 15.6 Å². The first-order valence-electron chi connectivity index (χ1n) is 9.94. The lowest BCUT2D eigenvalue weighted by atomic mass is 10.1. The second-order valence-corrected chi connectivity index (χ2v) is 6.73. The van der Waals surface area contributed by atoms with Gasteiger partial charge in [0.2, 0.25) is 0 Å². The van der Waals surface area contributed by atoms with Crippen molar-refractivity contribution in [1.29, 1.82) is 0 Å². The molecule has 9 heteroatoms. The lowest BCUT2D eigenvalue weighted by Crippen LogP contribution is -2.38. The van der Waals surface area contributed by atoms with Gasteiger partial charge in [-0.15, -0.1) is 0 Å². The molecule has 0 saturated heterocycles. The Labute approximate surface area is 180 Å². The van der Waals surface area contributed by atoms with Gasteiger partial charge in [0.05, 0.1) is 19.8 Å². The van der Waals surface area contributed by atoms with E-state index in [9.17, 15) is 18.3 Å². The number of hydrogen-bond donors (Lipinski definition) is 3. The predicted molar refractivity (Wildman–Crippen MR) is 113 cm³/mol. The average Bonchev–Trinajstić information content (AvgIpc) is 2.76. The standard InChI is InChI=1S/C22H28F3N3O3/c1-3-26-21(27-12-11-18(29)17-7-5-4-6-8-17)28-14-16-9-10-19(20(13-16)30-2)31-15-22(23,24)25/h4-10,13,18,29H,3,11-12,14-15H2,1-2H3,(H2,26,27,28). The Morgan fingerprint density at radius 1 is 1.10 bits per heavy atom. The van der Waals surface area contributed by atoms with E-state index in [0.29, 0.717) is 25.5 Å². The predicted octanol–water partition coefficient (Wildman–Crippen LogP) is 3.82. The fourth-order valence-electron chi connectivity index (χ4n) is 2.77. The summed E-state index contributed by atoms with van der Waals surface area (Å²) in [5.74, 6) is 0.799. The zero-order chi connectivity index (χ0) is 22.7. The van der Waals surface area contributed by atoms with Gasteiger partial charge in [0.15, 0.2) is 24.1 Å². The highest BCUT2D eigenvalue weighted by Gasteiger charge is 2.29. The van der Waals surface area contributed by atoms with E-state index in [-0.39, 0.29) is 18.0 Å². The van der Waals surface area contributed by atoms with Crippen LogP contribution in [-0.4, -0.2) is 44.0 Å². The molecule has 6 nitrogen and oxygen atoms in total. The SMILES string of the molecule is CCNC(=NCc1ccc(OCC(F)(F)F)c(OC)c1)NCCC(O)c1ccccc1. The Kier molecular flexibility index (Phi) is 9.45. The van der Waals surface area contributed by atoms with Crippen LogP contribution in [0, 0.1) is 0 Å². The highest BCUT2D eigenvalue weighted by molar-refractivity contribution is 5.79. The number of methoxy groups -OCH3 is 1. The maximum absolute atomic E-state index is 12.4. The first-order valence-corrected chi connectivity index (χ1v) is 9.94. The molecule has 0 heterocycles. The van der Waals surface area contributed by atoms with E-state index in [0.717, 1.165) is 11.1 Å². The Morgan fingerprint density at radius 2 is 1.84 bits per heavy atom. The minimum Gasteiger partial charge on any atom is -0.493 e. The fourth-order valence-corrected chi connectivity index (χ4v) is 2.77. The van der Waals surface area contributed by atoms with E-state index in [1.54, 1.807) is 12.1 Å². The largest absolute Gasteiger partial charge is 0.493 e. The van der Waals surface area contributed by atoms with Crippen LogP contribution >= 0.6 is 0 Å². The average molecular weight is 439 g/mol. The number of nitrogens with one attached hydrogen (secondary N) is 2. The van der Waals surface area contributed by atoms with Gasteiger partial charge < -0.3 is 25.2 Å². The Hall–Kier alpha value is -2.94. The van der Waals surface area contributed by atoms with Crippen LogP contribution < -0.4 is 20.1 Å². The maximum atomic E-state index is 12.4. The summed E-state index contributed by atoms with van der Waals surface area (Å²) in [5.41, 5.74) is 1.60. The molecule has 170 valence electrons. The van der Waals surface area contributed by atoms with Crippen molar-refractivity contribution in [3.63, 3.8) is 0 Å². The quantitative estimate of drug-likeness (QED) is 0.388. The first kappa shape index (κ1) is 24.3. The van der Waals surface area contributed by atoms with Crippen molar-refractivity contribution in [2.24, 2.45) is 4.99 Å². The molecule has 0 spiro atoms. The number of guanidine groups is 1. The molecule has 0 saturated carbocycles. The summed E-state index contributed by atoms with van der Waals surface area (Å²) in [5, 5.41) is 16.5. The van der Waals surface area contributed by atoms with Gasteiger partial charge in [-0.05, 0) is 36.6 Å². The summed E-state index contributed by atoms with van der Waals surface area (Å²) in [6.45, 7) is 2.00. The number of hydrogen-bond acceptors (Lipinski definition) is 4. The van der Waals surface area contributed by atoms with Crippen LogP contribution in [0.2, 0.25) is 0 Å². The van der Waals surface area contributed by atoms with Gasteiger partial charge in [-0.1, -0.05) is 36.4 Å². The highest BCUT2D eigenvalue weighted by atomic mass is 19.4. The molecule has 0 radical (unpaired) electrons. The van der Waals surface area contributed by atoms with Crippen LogP contribution in [0.15, 0.2) is 53.5 Å². The summed E-state index contributed by atoms with van der Waals surface area (Å²) in [6.07, 6.45) is -4.49. The molecule has 0 aromatic heterocycles. The van der Waals surface area contributed by atoms with Crippen molar-refractivity contribution in [3.8, 4) is 11.5 Å². The molecule has 0 aliphatic carbocycles. The fraction of sp³-hybridized carbons (Fsp3) is 0.409. The molecule has 0 aliphatic heterocycles. The van der Waals surface area contributed by atoms with Crippen molar-refractivity contribution >= 4 is 5.96 Å². The molecule has 0 aliphatic rings. The van der Waals surface area contributed by atoms with E-state index >= 15 is 0 Å². The number of rotatable bonds is 10. The molecule has 0 fully saturated rings. The van der Waals surface area contributed by atoms with Crippen LogP contribution in [0.25, 0.3) is 0 Å². The van der Waals surface area contributed by atoms with Crippen LogP contribution in [0.5, 0.6) is 11.5 Å². The van der Waals surface area contributed by atoms with Crippen LogP contribution in [0.3, 0.4) is 0 Å². The van der Waals surface area contributed by atoms with Crippen LogP contribution in [-0.2, 0) is 6.54 Å². The topological polar surface area (TPSA) is 75.1 Å². The minimum atomic E-state index is -4.42. The summed E-state index contributed by atoms with van der Waals surface area (Å²) >= 11 is 0.